The van der Waals surface area contributed by atoms with E-state index in [2.05, 4.69) is 229 Å². The van der Waals surface area contributed by atoms with Gasteiger partial charge in [-0.25, -0.2) is 0 Å². The third-order valence-corrected chi connectivity index (χ3v) is 12.6. The van der Waals surface area contributed by atoms with Crippen LogP contribution in [0.2, 0.25) is 0 Å². The van der Waals surface area contributed by atoms with Gasteiger partial charge in [0.25, 0.3) is 0 Å². The Balaban J connectivity index is 1.07. The van der Waals surface area contributed by atoms with E-state index in [0.29, 0.717) is 0 Å². The Bertz CT molecular complexity index is 3260. The van der Waals surface area contributed by atoms with Crippen molar-refractivity contribution in [3.05, 3.63) is 224 Å². The van der Waals surface area contributed by atoms with Crippen molar-refractivity contribution in [1.82, 2.24) is 0 Å². The summed E-state index contributed by atoms with van der Waals surface area (Å²) in [7, 11) is 0. The molecule has 0 radical (unpaired) electrons. The molecule has 1 heterocycles. The summed E-state index contributed by atoms with van der Waals surface area (Å²) in [4.78, 5) is 2.45. The van der Waals surface area contributed by atoms with Crippen LogP contribution in [-0.2, 0) is 0 Å². The summed E-state index contributed by atoms with van der Waals surface area (Å²) in [5.74, 6) is 0. The number of anilines is 3. The number of thiophene rings is 1. The number of nitrogens with zero attached hydrogens (tertiary/aromatic N) is 1. The monoisotopic (exact) mass is 755 g/mol. The predicted octanol–water partition coefficient (Wildman–Crippen LogP) is 16.5. The highest BCUT2D eigenvalue weighted by molar-refractivity contribution is 7.25. The summed E-state index contributed by atoms with van der Waals surface area (Å²) < 4.78 is 2.60. The highest BCUT2D eigenvalue weighted by atomic mass is 32.1. The summed E-state index contributed by atoms with van der Waals surface area (Å²) in [6.07, 6.45) is 0. The first-order valence-corrected chi connectivity index (χ1v) is 20.6. The molecule has 1 aromatic heterocycles. The molecule has 0 aliphatic rings. The normalized spacial score (nSPS) is 11.4. The van der Waals surface area contributed by atoms with Crippen LogP contribution in [0.3, 0.4) is 0 Å². The van der Waals surface area contributed by atoms with E-state index in [-0.39, 0.29) is 0 Å². The minimum absolute atomic E-state index is 1.10. The van der Waals surface area contributed by atoms with Gasteiger partial charge in [-0.3, -0.25) is 0 Å². The van der Waals surface area contributed by atoms with Gasteiger partial charge < -0.3 is 4.90 Å². The van der Waals surface area contributed by atoms with Crippen LogP contribution in [-0.4, -0.2) is 0 Å². The largest absolute Gasteiger partial charge is 0.310 e. The van der Waals surface area contributed by atoms with Crippen molar-refractivity contribution in [2.45, 2.75) is 0 Å². The first-order chi connectivity index (χ1) is 28.7. The lowest BCUT2D eigenvalue weighted by molar-refractivity contribution is 1.29. The van der Waals surface area contributed by atoms with Crippen molar-refractivity contribution in [2.24, 2.45) is 0 Å². The van der Waals surface area contributed by atoms with E-state index in [4.69, 9.17) is 0 Å². The molecule has 0 fully saturated rings. The first kappa shape index (κ1) is 34.0. The average Bonchev–Trinajstić information content (AvgIpc) is 3.67. The summed E-state index contributed by atoms with van der Waals surface area (Å²) in [5.41, 5.74) is 13.0. The van der Waals surface area contributed by atoms with Gasteiger partial charge in [-0.05, 0) is 103 Å². The number of hydrogen-bond acceptors (Lipinski definition) is 2. The van der Waals surface area contributed by atoms with Crippen LogP contribution in [0, 0.1) is 0 Å². The van der Waals surface area contributed by atoms with Gasteiger partial charge >= 0.3 is 0 Å². The molecule has 0 atom stereocenters. The highest BCUT2D eigenvalue weighted by Gasteiger charge is 2.20. The second kappa shape index (κ2) is 14.4. The standard InChI is InChI=1S/C56H37NS/c1-2-12-42(13-3-1)51-34-30-44(50-22-11-17-41-15-5-7-19-48(41)50)36-54(51)57(46-33-35-56-53(37-46)52-20-8-9-23-55(52)58-56)45-31-28-39(29-32-45)38-24-26-43(27-25-38)49-21-10-16-40-14-4-6-18-47(40)49/h1-37H. The zero-order valence-corrected chi connectivity index (χ0v) is 32.5. The van der Waals surface area contributed by atoms with Crippen LogP contribution in [0.1, 0.15) is 0 Å². The molecule has 10 aromatic carbocycles. The topological polar surface area (TPSA) is 3.24 Å². The maximum Gasteiger partial charge on any atom is 0.0546 e. The fourth-order valence-electron chi connectivity index (χ4n) is 8.63. The minimum atomic E-state index is 1.10. The van der Waals surface area contributed by atoms with Gasteiger partial charge in [-0.2, -0.15) is 0 Å². The molecule has 11 aromatic rings. The second-order valence-electron chi connectivity index (χ2n) is 14.9. The van der Waals surface area contributed by atoms with E-state index in [1.54, 1.807) is 0 Å². The number of rotatable bonds is 7. The molecule has 0 amide bonds. The molecule has 11 rings (SSSR count). The summed E-state index contributed by atoms with van der Waals surface area (Å²) >= 11 is 1.86. The van der Waals surface area contributed by atoms with Gasteiger partial charge in [-0.1, -0.05) is 182 Å². The molecule has 0 saturated carbocycles. The van der Waals surface area contributed by atoms with Crippen molar-refractivity contribution >= 4 is 70.1 Å². The molecular weight excluding hydrogens is 719 g/mol. The predicted molar refractivity (Wildman–Crippen MR) is 251 cm³/mol. The molecule has 272 valence electrons. The van der Waals surface area contributed by atoms with Crippen LogP contribution in [0.25, 0.3) is 86.2 Å². The van der Waals surface area contributed by atoms with Gasteiger partial charge in [0.1, 0.15) is 0 Å². The maximum absolute atomic E-state index is 2.45. The van der Waals surface area contributed by atoms with Crippen LogP contribution < -0.4 is 4.90 Å². The Hall–Kier alpha value is -7.26. The molecule has 0 bridgehead atoms. The fraction of sp³-hybridized carbons (Fsp3) is 0. The van der Waals surface area contributed by atoms with E-state index >= 15 is 0 Å². The van der Waals surface area contributed by atoms with Crippen molar-refractivity contribution < 1.29 is 0 Å². The van der Waals surface area contributed by atoms with Gasteiger partial charge in [0.05, 0.1) is 5.69 Å². The lowest BCUT2D eigenvalue weighted by atomic mass is 9.94. The van der Waals surface area contributed by atoms with Crippen LogP contribution in [0.5, 0.6) is 0 Å². The Morgan fingerprint density at radius 2 is 0.776 bits per heavy atom. The summed E-state index contributed by atoms with van der Waals surface area (Å²) in [6, 6.07) is 82.1. The average molecular weight is 756 g/mol. The van der Waals surface area contributed by atoms with Crippen LogP contribution in [0.15, 0.2) is 224 Å². The first-order valence-electron chi connectivity index (χ1n) is 19.8. The van der Waals surface area contributed by atoms with Gasteiger partial charge in [-0.15, -0.1) is 11.3 Å². The van der Waals surface area contributed by atoms with Crippen molar-refractivity contribution in [3.8, 4) is 44.5 Å². The molecule has 58 heavy (non-hydrogen) atoms. The van der Waals surface area contributed by atoms with E-state index in [9.17, 15) is 0 Å². The van der Waals surface area contributed by atoms with Gasteiger partial charge in [0.15, 0.2) is 0 Å². The Morgan fingerprint density at radius 3 is 1.48 bits per heavy atom. The third-order valence-electron chi connectivity index (χ3n) is 11.5. The second-order valence-corrected chi connectivity index (χ2v) is 16.0. The molecular formula is C56H37NS. The summed E-state index contributed by atoms with van der Waals surface area (Å²) in [5, 5.41) is 7.58. The molecule has 0 spiro atoms. The quantitative estimate of drug-likeness (QED) is 0.157. The van der Waals surface area contributed by atoms with E-state index in [1.165, 1.54) is 86.2 Å². The van der Waals surface area contributed by atoms with Crippen molar-refractivity contribution in [2.75, 3.05) is 4.90 Å². The maximum atomic E-state index is 2.45. The zero-order chi connectivity index (χ0) is 38.4. The fourth-order valence-corrected chi connectivity index (χ4v) is 9.71. The molecule has 0 aliphatic heterocycles. The smallest absolute Gasteiger partial charge is 0.0546 e. The number of benzene rings is 10. The van der Waals surface area contributed by atoms with E-state index in [0.717, 1.165) is 17.1 Å². The van der Waals surface area contributed by atoms with E-state index < -0.39 is 0 Å². The molecule has 2 heteroatoms. The molecule has 0 unspecified atom stereocenters. The molecule has 0 N–H and O–H groups in total. The Morgan fingerprint density at radius 1 is 0.276 bits per heavy atom. The lowest BCUT2D eigenvalue weighted by Gasteiger charge is -2.29. The van der Waals surface area contributed by atoms with Crippen LogP contribution in [0.4, 0.5) is 17.1 Å². The SMILES string of the molecule is c1ccc(-c2ccc(-c3cccc4ccccc34)cc2N(c2ccc(-c3ccc(-c4cccc5ccccc45)cc3)cc2)c2ccc3sc4ccccc4c3c2)cc1. The lowest BCUT2D eigenvalue weighted by Crippen LogP contribution is -2.11. The van der Waals surface area contributed by atoms with E-state index in [1.807, 2.05) is 11.3 Å². The minimum Gasteiger partial charge on any atom is -0.310 e. The Labute approximate surface area is 342 Å². The van der Waals surface area contributed by atoms with Gasteiger partial charge in [0.2, 0.25) is 0 Å². The molecule has 0 aliphatic carbocycles. The number of hydrogen-bond donors (Lipinski definition) is 0. The highest BCUT2D eigenvalue weighted by Crippen LogP contribution is 2.46. The van der Waals surface area contributed by atoms with Crippen molar-refractivity contribution in [1.29, 1.82) is 0 Å². The van der Waals surface area contributed by atoms with Crippen LogP contribution >= 0.6 is 11.3 Å². The van der Waals surface area contributed by atoms with Gasteiger partial charge in [0, 0.05) is 37.1 Å². The molecule has 0 saturated heterocycles. The third kappa shape index (κ3) is 6.03. The zero-order valence-electron chi connectivity index (χ0n) is 31.7. The summed E-state index contributed by atoms with van der Waals surface area (Å²) in [6.45, 7) is 0. The van der Waals surface area contributed by atoms with Crippen molar-refractivity contribution in [3.63, 3.8) is 0 Å². The number of fused-ring (bicyclic) bond motifs is 5. The molecule has 1 nitrogen and oxygen atoms in total. The Kier molecular flexibility index (Phi) is 8.42.